The Labute approximate surface area is 536 Å². The van der Waals surface area contributed by atoms with Crippen LogP contribution in [0.1, 0.15) is 89.8 Å². The highest BCUT2D eigenvalue weighted by Crippen LogP contribution is 2.39. The lowest BCUT2D eigenvalue weighted by Crippen LogP contribution is -2.69. The Morgan fingerprint density at radius 3 is 0.894 bits per heavy atom. The van der Waals surface area contributed by atoms with Gasteiger partial charge in [0.15, 0.2) is 61.6 Å². The summed E-state index contributed by atoms with van der Waals surface area (Å²) in [6.07, 6.45) is -30.1. The molecule has 6 aromatic carbocycles. The predicted molar refractivity (Wildman–Crippen MR) is 317 cm³/mol. The van der Waals surface area contributed by atoms with Crippen LogP contribution in [0, 0.1) is 0 Å². The second-order valence-electron chi connectivity index (χ2n) is 21.2. The van der Waals surface area contributed by atoms with Gasteiger partial charge in [-0.2, -0.15) is 0 Å². The highest BCUT2D eigenvalue weighted by molar-refractivity contribution is 5.92. The van der Waals surface area contributed by atoms with Crippen molar-refractivity contribution < 1.29 is 124 Å². The Kier molecular flexibility index (Phi) is 23.5. The van der Waals surface area contributed by atoms with Crippen LogP contribution in [0.2, 0.25) is 0 Å². The molecule has 0 aromatic heterocycles. The molecule has 3 fully saturated rings. The van der Waals surface area contributed by atoms with E-state index in [0.29, 0.717) is 0 Å². The number of ether oxygens (including phenoxy) is 15. The summed E-state index contributed by atoms with van der Waals surface area (Å²) in [7, 11) is 0. The Hall–Kier alpha value is -10.2. The van der Waals surface area contributed by atoms with Crippen molar-refractivity contribution in [2.75, 3.05) is 19.8 Å². The summed E-state index contributed by atoms with van der Waals surface area (Å²) in [5, 5.41) is 12.0. The Bertz CT molecular complexity index is 3580. The monoisotopic (exact) mass is 1300 g/mol. The molecule has 0 spiro atoms. The van der Waals surface area contributed by atoms with Gasteiger partial charge in [0.2, 0.25) is 0 Å². The van der Waals surface area contributed by atoms with Crippen LogP contribution in [0.15, 0.2) is 182 Å². The van der Waals surface area contributed by atoms with E-state index >= 15 is 0 Å². The minimum Gasteiger partial charge on any atom is -0.463 e. The Morgan fingerprint density at radius 2 is 0.543 bits per heavy atom. The lowest BCUT2D eigenvalue weighted by molar-refractivity contribution is -0.375. The number of hydrogen-bond acceptors (Lipinski definition) is 26. The molecule has 3 saturated heterocycles. The second kappa shape index (κ2) is 32.4. The number of aliphatic hydroxyl groups is 1. The van der Waals surface area contributed by atoms with Gasteiger partial charge in [0.25, 0.3) is 0 Å². The molecular weight excluding hydrogens is 1230 g/mol. The summed E-state index contributed by atoms with van der Waals surface area (Å²) in [6.45, 7) is 1.48. The maximum absolute atomic E-state index is 14.9. The normalized spacial score (nSPS) is 25.5. The van der Waals surface area contributed by atoms with Crippen LogP contribution in [0.25, 0.3) is 0 Å². The lowest BCUT2D eigenvalue weighted by Gasteiger charge is -2.50. The number of aliphatic hydroxyl groups excluding tert-OH is 1. The SMILES string of the molecule is CC(=O)OC[C@H]1O[C@@H](O[C@H]2[C@H](OC(=O)c3ccccc3)[C@H](OC(=O)c3ccccc3)[C@H](O[C@H]3[C@H](OC(=O)c4ccccc4)[C@H](OC(=O)c4ccccc4)[C@H](O)O[C@@H]3COC(=O)c3ccccc3)O[C@@H]2COC(=O)c2ccccc2)[C@H](OC(C)=O)[C@@H](OC(C)=O)[C@@H]1OC(C)=O. The fourth-order valence-electron chi connectivity index (χ4n) is 10.3. The van der Waals surface area contributed by atoms with Crippen LogP contribution < -0.4 is 0 Å². The van der Waals surface area contributed by atoms with Crippen molar-refractivity contribution >= 4 is 59.7 Å². The average Bonchev–Trinajstić information content (AvgIpc) is 0.767. The number of hydrogen-bond donors (Lipinski definition) is 1. The van der Waals surface area contributed by atoms with Gasteiger partial charge in [-0.25, -0.2) is 28.8 Å². The average molecular weight is 1300 g/mol. The van der Waals surface area contributed by atoms with Crippen LogP contribution >= 0.6 is 0 Å². The van der Waals surface area contributed by atoms with E-state index in [9.17, 15) is 53.1 Å². The van der Waals surface area contributed by atoms with Crippen molar-refractivity contribution in [1.29, 1.82) is 0 Å². The fourth-order valence-corrected chi connectivity index (χ4v) is 10.3. The number of rotatable bonds is 23. The van der Waals surface area contributed by atoms with Gasteiger partial charge in [-0.1, -0.05) is 109 Å². The van der Waals surface area contributed by atoms with Crippen molar-refractivity contribution in [3.8, 4) is 0 Å². The molecule has 0 radical (unpaired) electrons. The van der Waals surface area contributed by atoms with Crippen molar-refractivity contribution in [2.45, 2.75) is 120 Å². The van der Waals surface area contributed by atoms with Gasteiger partial charge in [0.1, 0.15) is 50.3 Å². The van der Waals surface area contributed by atoms with Crippen molar-refractivity contribution in [2.24, 2.45) is 0 Å². The van der Waals surface area contributed by atoms with E-state index in [4.69, 9.17) is 71.1 Å². The summed E-state index contributed by atoms with van der Waals surface area (Å²) in [4.78, 5) is 138. The van der Waals surface area contributed by atoms with Gasteiger partial charge in [0, 0.05) is 27.7 Å². The van der Waals surface area contributed by atoms with Gasteiger partial charge in [-0.3, -0.25) is 19.2 Å². The summed E-state index contributed by atoms with van der Waals surface area (Å²) < 4.78 is 92.2. The van der Waals surface area contributed by atoms with Gasteiger partial charge in [-0.15, -0.1) is 0 Å². The Morgan fingerprint density at radius 1 is 0.287 bits per heavy atom. The van der Waals surface area contributed by atoms with Crippen LogP contribution in [-0.4, -0.2) is 177 Å². The molecule has 15 atom stereocenters. The van der Waals surface area contributed by atoms with E-state index in [0.717, 1.165) is 27.7 Å². The molecule has 26 heteroatoms. The first kappa shape index (κ1) is 68.2. The van der Waals surface area contributed by atoms with Crippen LogP contribution in [0.3, 0.4) is 0 Å². The second-order valence-corrected chi connectivity index (χ2v) is 21.2. The first-order valence-electron chi connectivity index (χ1n) is 29.4. The zero-order valence-corrected chi connectivity index (χ0v) is 50.8. The third-order valence-electron chi connectivity index (χ3n) is 14.5. The maximum atomic E-state index is 14.9. The third-order valence-corrected chi connectivity index (χ3v) is 14.5. The lowest BCUT2D eigenvalue weighted by atomic mass is 9.95. The summed E-state index contributed by atoms with van der Waals surface area (Å²) in [6, 6.07) is 44.7. The van der Waals surface area contributed by atoms with Crippen LogP contribution in [0.5, 0.6) is 0 Å². The number of esters is 10. The molecule has 6 aromatic rings. The summed E-state index contributed by atoms with van der Waals surface area (Å²) >= 11 is 0. The zero-order valence-electron chi connectivity index (χ0n) is 50.8. The highest BCUT2D eigenvalue weighted by atomic mass is 16.8. The molecular formula is C68H64O26. The Balaban J connectivity index is 1.24. The predicted octanol–water partition coefficient (Wildman–Crippen LogP) is 5.90. The molecule has 492 valence electrons. The van der Waals surface area contributed by atoms with Crippen molar-refractivity contribution in [3.63, 3.8) is 0 Å². The molecule has 0 amide bonds. The van der Waals surface area contributed by atoms with Crippen molar-refractivity contribution in [3.05, 3.63) is 215 Å². The van der Waals surface area contributed by atoms with Gasteiger partial charge in [-0.05, 0) is 72.8 Å². The first-order valence-corrected chi connectivity index (χ1v) is 29.4. The van der Waals surface area contributed by atoms with Crippen molar-refractivity contribution in [1.82, 2.24) is 0 Å². The number of benzene rings is 6. The topological polar surface area (TPSA) is 329 Å². The number of carbonyl (C=O) groups is 10. The number of carbonyl (C=O) groups excluding carboxylic acids is 10. The molecule has 0 unspecified atom stereocenters. The highest BCUT2D eigenvalue weighted by Gasteiger charge is 2.60. The first-order chi connectivity index (χ1) is 45.3. The quantitative estimate of drug-likeness (QED) is 0.0576. The third kappa shape index (κ3) is 17.9. The molecule has 94 heavy (non-hydrogen) atoms. The van der Waals surface area contributed by atoms with E-state index in [1.165, 1.54) is 121 Å². The molecule has 3 heterocycles. The van der Waals surface area contributed by atoms with E-state index in [-0.39, 0.29) is 33.4 Å². The molecule has 0 saturated carbocycles. The van der Waals surface area contributed by atoms with E-state index in [2.05, 4.69) is 0 Å². The van der Waals surface area contributed by atoms with Gasteiger partial charge in [0.05, 0.1) is 33.4 Å². The fraction of sp³-hybridized carbons (Fsp3) is 0.324. The maximum Gasteiger partial charge on any atom is 0.338 e. The summed E-state index contributed by atoms with van der Waals surface area (Å²) in [5.74, 6) is -10.3. The molecule has 1 N–H and O–H groups in total. The largest absolute Gasteiger partial charge is 0.463 e. The minimum atomic E-state index is -2.27. The molecule has 3 aliphatic heterocycles. The van der Waals surface area contributed by atoms with Crippen LogP contribution in [-0.2, 0) is 90.2 Å². The van der Waals surface area contributed by atoms with E-state index < -0.39 is 172 Å². The molecule has 0 aliphatic carbocycles. The van der Waals surface area contributed by atoms with Crippen LogP contribution in [0.4, 0.5) is 0 Å². The zero-order chi connectivity index (χ0) is 66.8. The minimum absolute atomic E-state index is 0.00913. The van der Waals surface area contributed by atoms with Gasteiger partial charge < -0.3 is 76.2 Å². The molecule has 26 nitrogen and oxygen atoms in total. The molecule has 9 rings (SSSR count). The smallest absolute Gasteiger partial charge is 0.338 e. The standard InChI is InChI=1S/C68H64O26/c1-38(69)80-35-49-51(83-39(2)70)55(84-40(3)71)58(85-41(4)72)67(87-49)94-53-50(37-82-61(74)43-25-13-6-14-26-43)88-68(59(92-65(78)47-33-21-10-22-34-47)56(53)90-63(76)45-29-17-8-18-30-45)93-52-48(36-81-60(73)42-23-11-5-12-24-42)86-66(79)57(91-64(77)46-31-19-9-20-32-46)54(52)89-62(75)44-27-15-7-16-28-44/h5-34,48-59,66-68,79H,35-37H2,1-4H3/t48-,49-,50-,51-,52-,53-,54+,55+,56+,57+,58-,59+,66-,67+,68+/m1/s1. The van der Waals surface area contributed by atoms with E-state index in [1.54, 1.807) is 60.7 Å². The van der Waals surface area contributed by atoms with Gasteiger partial charge >= 0.3 is 59.7 Å². The summed E-state index contributed by atoms with van der Waals surface area (Å²) in [5.41, 5.74) is -0.288. The molecule has 3 aliphatic rings. The van der Waals surface area contributed by atoms with E-state index in [1.807, 2.05) is 0 Å². The molecule has 0 bridgehead atoms.